The van der Waals surface area contributed by atoms with Gasteiger partial charge in [-0.05, 0) is 12.6 Å². The highest BCUT2D eigenvalue weighted by Gasteiger charge is 2.41. The van der Waals surface area contributed by atoms with Gasteiger partial charge in [0.15, 0.2) is 6.61 Å². The standard InChI is InChI=1S/C11H13ClF4N2O/c1-2-17-5-8-7(12)3-4-9(18-8)19-6-11(15,16)10(13)14/h3-4,10,17H,2,5-6H2,1H3. The van der Waals surface area contributed by atoms with Crippen LogP contribution in [0.4, 0.5) is 17.6 Å². The van der Waals surface area contributed by atoms with Crippen molar-refractivity contribution >= 4 is 11.6 Å². The molecule has 19 heavy (non-hydrogen) atoms. The Bertz CT molecular complexity index is 418. The smallest absolute Gasteiger partial charge is 0.340 e. The van der Waals surface area contributed by atoms with Crippen LogP contribution in [0.5, 0.6) is 5.88 Å². The van der Waals surface area contributed by atoms with E-state index >= 15 is 0 Å². The first-order valence-corrected chi connectivity index (χ1v) is 5.89. The summed E-state index contributed by atoms with van der Waals surface area (Å²) in [7, 11) is 0. The van der Waals surface area contributed by atoms with Gasteiger partial charge in [-0.25, -0.2) is 13.8 Å². The molecule has 0 saturated heterocycles. The van der Waals surface area contributed by atoms with Gasteiger partial charge in [0.05, 0.1) is 10.7 Å². The molecule has 0 amide bonds. The zero-order valence-electron chi connectivity index (χ0n) is 10.1. The number of ether oxygens (including phenoxy) is 1. The van der Waals surface area contributed by atoms with Crippen molar-refractivity contribution in [3.8, 4) is 5.88 Å². The number of halogens is 5. The number of hydrogen-bond acceptors (Lipinski definition) is 3. The zero-order chi connectivity index (χ0) is 14.5. The van der Waals surface area contributed by atoms with Crippen LogP contribution in [0.2, 0.25) is 5.02 Å². The van der Waals surface area contributed by atoms with E-state index in [9.17, 15) is 17.6 Å². The maximum atomic E-state index is 12.7. The van der Waals surface area contributed by atoms with Crippen molar-refractivity contribution in [2.45, 2.75) is 25.8 Å². The summed E-state index contributed by atoms with van der Waals surface area (Å²) < 4.78 is 53.8. The van der Waals surface area contributed by atoms with Crippen LogP contribution in [0.25, 0.3) is 0 Å². The van der Waals surface area contributed by atoms with Crippen molar-refractivity contribution in [2.75, 3.05) is 13.2 Å². The quantitative estimate of drug-likeness (QED) is 0.786. The molecular formula is C11H13ClF4N2O. The monoisotopic (exact) mass is 300 g/mol. The molecule has 0 atom stereocenters. The number of pyridine rings is 1. The molecule has 3 nitrogen and oxygen atoms in total. The van der Waals surface area contributed by atoms with Crippen LogP contribution in [0.3, 0.4) is 0 Å². The van der Waals surface area contributed by atoms with Crippen molar-refractivity contribution < 1.29 is 22.3 Å². The van der Waals surface area contributed by atoms with Crippen molar-refractivity contribution in [1.82, 2.24) is 10.3 Å². The second-order valence-corrected chi connectivity index (χ2v) is 4.12. The Hall–Kier alpha value is -1.08. The summed E-state index contributed by atoms with van der Waals surface area (Å²) in [6, 6.07) is 2.66. The van der Waals surface area contributed by atoms with E-state index in [1.54, 1.807) is 0 Å². The molecule has 0 radical (unpaired) electrons. The Balaban J connectivity index is 2.69. The van der Waals surface area contributed by atoms with Gasteiger partial charge >= 0.3 is 12.3 Å². The summed E-state index contributed by atoms with van der Waals surface area (Å²) in [5.41, 5.74) is 0.404. The second-order valence-electron chi connectivity index (χ2n) is 3.71. The van der Waals surface area contributed by atoms with E-state index < -0.39 is 19.0 Å². The van der Waals surface area contributed by atoms with Crippen molar-refractivity contribution in [3.05, 3.63) is 22.8 Å². The fraction of sp³-hybridized carbons (Fsp3) is 0.545. The fourth-order valence-electron chi connectivity index (χ4n) is 1.15. The van der Waals surface area contributed by atoms with E-state index in [0.717, 1.165) is 0 Å². The molecule has 108 valence electrons. The molecule has 8 heteroatoms. The minimum absolute atomic E-state index is 0.169. The van der Waals surface area contributed by atoms with Gasteiger partial charge in [0.25, 0.3) is 0 Å². The number of hydrogen-bond donors (Lipinski definition) is 1. The molecule has 1 aromatic rings. The summed E-state index contributed by atoms with van der Waals surface area (Å²) in [4.78, 5) is 3.88. The molecule has 0 unspecified atom stereocenters. The minimum atomic E-state index is -4.21. The summed E-state index contributed by atoms with van der Waals surface area (Å²) in [5.74, 6) is -4.37. The van der Waals surface area contributed by atoms with Crippen molar-refractivity contribution in [2.24, 2.45) is 0 Å². The van der Waals surface area contributed by atoms with Gasteiger partial charge in [0.2, 0.25) is 5.88 Å². The zero-order valence-corrected chi connectivity index (χ0v) is 10.9. The Morgan fingerprint density at radius 1 is 1.42 bits per heavy atom. The maximum absolute atomic E-state index is 12.7. The van der Waals surface area contributed by atoms with Crippen LogP contribution in [0, 0.1) is 0 Å². The number of aromatic nitrogens is 1. The van der Waals surface area contributed by atoms with Gasteiger partial charge in [-0.1, -0.05) is 18.5 Å². The predicted molar refractivity (Wildman–Crippen MR) is 63.1 cm³/mol. The van der Waals surface area contributed by atoms with Gasteiger partial charge in [-0.3, -0.25) is 0 Å². The van der Waals surface area contributed by atoms with Crippen LogP contribution < -0.4 is 10.1 Å². The topological polar surface area (TPSA) is 34.2 Å². The molecule has 0 fully saturated rings. The highest BCUT2D eigenvalue weighted by Crippen LogP contribution is 2.24. The molecule has 0 spiro atoms. The molecule has 0 aromatic carbocycles. The Morgan fingerprint density at radius 2 is 2.11 bits per heavy atom. The van der Waals surface area contributed by atoms with E-state index in [4.69, 9.17) is 11.6 Å². The second kappa shape index (κ2) is 6.91. The molecule has 0 aliphatic rings. The summed E-state index contributed by atoms with van der Waals surface area (Å²) in [6.45, 7) is 1.45. The summed E-state index contributed by atoms with van der Waals surface area (Å²) in [5, 5.41) is 3.29. The van der Waals surface area contributed by atoms with E-state index in [1.807, 2.05) is 6.92 Å². The first-order chi connectivity index (χ1) is 8.86. The minimum Gasteiger partial charge on any atom is -0.471 e. The maximum Gasteiger partial charge on any atom is 0.340 e. The van der Waals surface area contributed by atoms with E-state index in [2.05, 4.69) is 15.0 Å². The van der Waals surface area contributed by atoms with Crippen LogP contribution in [-0.2, 0) is 6.54 Å². The lowest BCUT2D eigenvalue weighted by Gasteiger charge is -2.16. The van der Waals surface area contributed by atoms with Crippen LogP contribution in [-0.4, -0.2) is 30.5 Å². The fourth-order valence-corrected chi connectivity index (χ4v) is 1.32. The average molecular weight is 301 g/mol. The highest BCUT2D eigenvalue weighted by molar-refractivity contribution is 6.31. The van der Waals surface area contributed by atoms with Gasteiger partial charge in [-0.15, -0.1) is 0 Å². The molecule has 0 aliphatic heterocycles. The van der Waals surface area contributed by atoms with Gasteiger partial charge in [-0.2, -0.15) is 8.78 Å². The van der Waals surface area contributed by atoms with Crippen molar-refractivity contribution in [1.29, 1.82) is 0 Å². The third-order valence-corrected chi connectivity index (χ3v) is 2.51. The van der Waals surface area contributed by atoms with Crippen LogP contribution in [0.15, 0.2) is 12.1 Å². The molecule has 1 N–H and O–H groups in total. The molecule has 1 heterocycles. The number of nitrogens with zero attached hydrogens (tertiary/aromatic N) is 1. The van der Waals surface area contributed by atoms with Crippen molar-refractivity contribution in [3.63, 3.8) is 0 Å². The Kier molecular flexibility index (Phi) is 5.81. The molecule has 1 aromatic heterocycles. The summed E-state index contributed by atoms with van der Waals surface area (Å²) in [6.07, 6.45) is -3.78. The lowest BCUT2D eigenvalue weighted by molar-refractivity contribution is -0.148. The van der Waals surface area contributed by atoms with E-state index in [-0.39, 0.29) is 5.88 Å². The molecular weight excluding hydrogens is 288 g/mol. The first-order valence-electron chi connectivity index (χ1n) is 5.51. The lowest BCUT2D eigenvalue weighted by atomic mass is 10.3. The van der Waals surface area contributed by atoms with Gasteiger partial charge in [0.1, 0.15) is 0 Å². The van der Waals surface area contributed by atoms with Crippen LogP contribution >= 0.6 is 11.6 Å². The first kappa shape index (κ1) is 16.0. The third-order valence-electron chi connectivity index (χ3n) is 2.17. The largest absolute Gasteiger partial charge is 0.471 e. The highest BCUT2D eigenvalue weighted by atomic mass is 35.5. The third kappa shape index (κ3) is 4.83. The Labute approximate surface area is 112 Å². The number of rotatable bonds is 7. The lowest BCUT2D eigenvalue weighted by Crippen LogP contribution is -2.34. The number of nitrogens with one attached hydrogen (secondary N) is 1. The average Bonchev–Trinajstić information content (AvgIpc) is 2.36. The van der Waals surface area contributed by atoms with Gasteiger partial charge in [0, 0.05) is 12.6 Å². The predicted octanol–water partition coefficient (Wildman–Crippen LogP) is 3.12. The van der Waals surface area contributed by atoms with E-state index in [0.29, 0.717) is 23.8 Å². The molecule has 1 rings (SSSR count). The molecule has 0 aliphatic carbocycles. The van der Waals surface area contributed by atoms with Gasteiger partial charge < -0.3 is 10.1 Å². The SMILES string of the molecule is CCNCc1nc(OCC(F)(F)C(F)F)ccc1Cl. The van der Waals surface area contributed by atoms with Crippen LogP contribution in [0.1, 0.15) is 12.6 Å². The molecule has 0 bridgehead atoms. The Morgan fingerprint density at radius 3 is 2.68 bits per heavy atom. The normalized spacial score (nSPS) is 11.9. The molecule has 0 saturated carbocycles. The van der Waals surface area contributed by atoms with E-state index in [1.165, 1.54) is 12.1 Å². The summed E-state index contributed by atoms with van der Waals surface area (Å²) >= 11 is 5.85. The number of alkyl halides is 4.